The second-order valence-corrected chi connectivity index (χ2v) is 5.83. The van der Waals surface area contributed by atoms with Crippen LogP contribution in [-0.2, 0) is 28.5 Å². The smallest absolute Gasteiger partial charge is 0.209 e. The van der Waals surface area contributed by atoms with E-state index in [0.29, 0.717) is 72.6 Å². The van der Waals surface area contributed by atoms with Gasteiger partial charge in [0.2, 0.25) is 6.41 Å². The first-order valence-electron chi connectivity index (χ1n) is 9.37. The van der Waals surface area contributed by atoms with Crippen molar-refractivity contribution in [3.63, 3.8) is 0 Å². The van der Waals surface area contributed by atoms with Crippen molar-refractivity contribution in [2.24, 2.45) is 5.73 Å². The highest BCUT2D eigenvalue weighted by Gasteiger charge is 2.14. The number of amides is 1. The highest BCUT2D eigenvalue weighted by atomic mass is 16.6. The molecule has 1 rings (SSSR count). The maximum atomic E-state index is 10.6. The van der Waals surface area contributed by atoms with Crippen LogP contribution in [0.4, 0.5) is 0 Å². The molecule has 0 aromatic rings. The average molecular weight is 377 g/mol. The quantitative estimate of drug-likeness (QED) is 0.235. The van der Waals surface area contributed by atoms with Crippen molar-refractivity contribution in [1.29, 1.82) is 0 Å². The van der Waals surface area contributed by atoms with E-state index in [1.807, 2.05) is 0 Å². The molecule has 1 amide bonds. The normalized spacial score (nSPS) is 15.5. The fourth-order valence-corrected chi connectivity index (χ4v) is 2.35. The summed E-state index contributed by atoms with van der Waals surface area (Å²) in [5.41, 5.74) is 5.30. The number of piperazine rings is 1. The van der Waals surface area contributed by atoms with E-state index in [1.54, 1.807) is 4.90 Å². The van der Waals surface area contributed by atoms with E-state index in [0.717, 1.165) is 39.1 Å². The minimum absolute atomic E-state index is 0.536. The molecule has 0 aliphatic carbocycles. The lowest BCUT2D eigenvalue weighted by atomic mass is 10.3. The van der Waals surface area contributed by atoms with Gasteiger partial charge in [0.1, 0.15) is 0 Å². The van der Waals surface area contributed by atoms with E-state index in [2.05, 4.69) is 4.90 Å². The lowest BCUT2D eigenvalue weighted by Gasteiger charge is -2.32. The number of rotatable bonds is 18. The van der Waals surface area contributed by atoms with Crippen LogP contribution in [0.25, 0.3) is 0 Å². The molecule has 0 aromatic heterocycles. The molecule has 9 nitrogen and oxygen atoms in total. The molecule has 1 aliphatic rings. The van der Waals surface area contributed by atoms with Crippen molar-refractivity contribution in [2.75, 3.05) is 105 Å². The Kier molecular flexibility index (Phi) is 15.7. The van der Waals surface area contributed by atoms with Crippen molar-refractivity contribution in [3.05, 3.63) is 0 Å². The first-order valence-corrected chi connectivity index (χ1v) is 9.37. The van der Waals surface area contributed by atoms with Gasteiger partial charge >= 0.3 is 0 Å². The summed E-state index contributed by atoms with van der Waals surface area (Å²) >= 11 is 0. The average Bonchev–Trinajstić information content (AvgIpc) is 2.68. The Bertz CT molecular complexity index is 317. The van der Waals surface area contributed by atoms with Crippen LogP contribution < -0.4 is 5.73 Å². The van der Waals surface area contributed by atoms with Crippen molar-refractivity contribution in [2.45, 2.75) is 0 Å². The van der Waals surface area contributed by atoms with E-state index in [1.165, 1.54) is 0 Å². The van der Waals surface area contributed by atoms with Crippen LogP contribution in [0.15, 0.2) is 0 Å². The van der Waals surface area contributed by atoms with Gasteiger partial charge in [0, 0.05) is 39.3 Å². The standard InChI is InChI=1S/C17H35N3O6/c18-1-7-22-9-11-24-13-15-26-16-14-25-12-10-23-8-6-19-2-4-20(17-21)5-3-19/h17H,1-16,18H2. The molecular weight excluding hydrogens is 342 g/mol. The molecule has 154 valence electrons. The summed E-state index contributed by atoms with van der Waals surface area (Å²) in [5.74, 6) is 0. The third-order valence-electron chi connectivity index (χ3n) is 3.86. The number of hydrogen-bond donors (Lipinski definition) is 1. The molecule has 1 aliphatic heterocycles. The first kappa shape index (κ1) is 23.2. The molecule has 0 saturated carbocycles. The molecule has 1 heterocycles. The van der Waals surface area contributed by atoms with Gasteiger partial charge in [-0.25, -0.2) is 0 Å². The van der Waals surface area contributed by atoms with Crippen molar-refractivity contribution in [1.82, 2.24) is 9.80 Å². The zero-order valence-corrected chi connectivity index (χ0v) is 15.8. The molecule has 0 radical (unpaired) electrons. The summed E-state index contributed by atoms with van der Waals surface area (Å²) < 4.78 is 26.9. The van der Waals surface area contributed by atoms with Gasteiger partial charge in [0.15, 0.2) is 0 Å². The summed E-state index contributed by atoms with van der Waals surface area (Å²) in [6.45, 7) is 10.6. The second kappa shape index (κ2) is 17.6. The number of hydrogen-bond acceptors (Lipinski definition) is 8. The van der Waals surface area contributed by atoms with Gasteiger partial charge in [-0.05, 0) is 0 Å². The summed E-state index contributed by atoms with van der Waals surface area (Å²) in [6.07, 6.45) is 0.918. The highest BCUT2D eigenvalue weighted by molar-refractivity contribution is 5.47. The topological polar surface area (TPSA) is 95.7 Å². The largest absolute Gasteiger partial charge is 0.378 e. The predicted molar refractivity (Wildman–Crippen MR) is 97.2 cm³/mol. The fourth-order valence-electron chi connectivity index (χ4n) is 2.35. The number of nitrogens with zero attached hydrogens (tertiary/aromatic N) is 2. The molecule has 0 spiro atoms. The Balaban J connectivity index is 1.70. The number of carbonyl (C=O) groups is 1. The third kappa shape index (κ3) is 13.4. The molecule has 0 unspecified atom stereocenters. The number of nitrogens with two attached hydrogens (primary N) is 1. The Morgan fingerprint density at radius 3 is 1.50 bits per heavy atom. The van der Waals surface area contributed by atoms with E-state index < -0.39 is 0 Å². The van der Waals surface area contributed by atoms with Crippen molar-refractivity contribution < 1.29 is 28.5 Å². The van der Waals surface area contributed by atoms with Crippen LogP contribution in [0.1, 0.15) is 0 Å². The monoisotopic (exact) mass is 377 g/mol. The SMILES string of the molecule is NCCOCCOCCOCCOCCOCCN1CCN(C=O)CC1. The molecule has 9 heteroatoms. The summed E-state index contributed by atoms with van der Waals surface area (Å²) in [7, 11) is 0. The molecule has 1 saturated heterocycles. The molecule has 0 atom stereocenters. The number of ether oxygens (including phenoxy) is 5. The van der Waals surface area contributed by atoms with Gasteiger partial charge in [-0.1, -0.05) is 0 Å². The van der Waals surface area contributed by atoms with Crippen LogP contribution in [0.3, 0.4) is 0 Å². The summed E-state index contributed by atoms with van der Waals surface area (Å²) in [4.78, 5) is 14.7. The summed E-state index contributed by atoms with van der Waals surface area (Å²) in [6, 6.07) is 0. The fraction of sp³-hybridized carbons (Fsp3) is 0.941. The Hall–Kier alpha value is -0.810. The maximum absolute atomic E-state index is 10.6. The van der Waals surface area contributed by atoms with Gasteiger partial charge in [-0.15, -0.1) is 0 Å². The Morgan fingerprint density at radius 2 is 1.08 bits per heavy atom. The maximum Gasteiger partial charge on any atom is 0.209 e. The molecule has 2 N–H and O–H groups in total. The van der Waals surface area contributed by atoms with E-state index in [4.69, 9.17) is 29.4 Å². The minimum Gasteiger partial charge on any atom is -0.378 e. The van der Waals surface area contributed by atoms with Crippen LogP contribution in [0.5, 0.6) is 0 Å². The van der Waals surface area contributed by atoms with Crippen LogP contribution in [0, 0.1) is 0 Å². The molecule has 0 bridgehead atoms. The first-order chi connectivity index (χ1) is 12.9. The van der Waals surface area contributed by atoms with Gasteiger partial charge in [-0.3, -0.25) is 9.69 Å². The van der Waals surface area contributed by atoms with Crippen LogP contribution in [-0.4, -0.2) is 122 Å². The lowest BCUT2D eigenvalue weighted by Crippen LogP contribution is -2.46. The van der Waals surface area contributed by atoms with E-state index >= 15 is 0 Å². The van der Waals surface area contributed by atoms with Crippen LogP contribution in [0.2, 0.25) is 0 Å². The zero-order chi connectivity index (χ0) is 18.7. The van der Waals surface area contributed by atoms with E-state index in [-0.39, 0.29) is 0 Å². The predicted octanol–water partition coefficient (Wildman–Crippen LogP) is -1.20. The van der Waals surface area contributed by atoms with Crippen molar-refractivity contribution >= 4 is 6.41 Å². The Morgan fingerprint density at radius 1 is 0.654 bits per heavy atom. The molecular formula is C17H35N3O6. The van der Waals surface area contributed by atoms with E-state index in [9.17, 15) is 4.79 Å². The highest BCUT2D eigenvalue weighted by Crippen LogP contribution is 1.98. The minimum atomic E-state index is 0.536. The van der Waals surface area contributed by atoms with Gasteiger partial charge < -0.3 is 34.3 Å². The zero-order valence-electron chi connectivity index (χ0n) is 15.8. The Labute approximate surface area is 156 Å². The number of carbonyl (C=O) groups excluding carboxylic acids is 1. The lowest BCUT2D eigenvalue weighted by molar-refractivity contribution is -0.119. The summed E-state index contributed by atoms with van der Waals surface area (Å²) in [5, 5.41) is 0. The van der Waals surface area contributed by atoms with Gasteiger partial charge in [0.25, 0.3) is 0 Å². The molecule has 1 fully saturated rings. The van der Waals surface area contributed by atoms with Crippen LogP contribution >= 0.6 is 0 Å². The van der Waals surface area contributed by atoms with Gasteiger partial charge in [0.05, 0.1) is 66.1 Å². The molecule has 26 heavy (non-hydrogen) atoms. The van der Waals surface area contributed by atoms with Gasteiger partial charge in [-0.2, -0.15) is 0 Å². The third-order valence-corrected chi connectivity index (χ3v) is 3.86. The second-order valence-electron chi connectivity index (χ2n) is 5.83. The van der Waals surface area contributed by atoms with Crippen molar-refractivity contribution in [3.8, 4) is 0 Å². The molecule has 0 aromatic carbocycles.